The van der Waals surface area contributed by atoms with Crippen molar-refractivity contribution >= 4 is 23.8 Å². The second-order valence-corrected chi connectivity index (χ2v) is 10.7. The lowest BCUT2D eigenvalue weighted by Gasteiger charge is -2.22. The molecule has 2 rings (SSSR count). The minimum atomic E-state index is -1.84. The quantitative estimate of drug-likeness (QED) is 0.118. The molecule has 0 fully saturated rings. The summed E-state index contributed by atoms with van der Waals surface area (Å²) in [5, 5.41) is 5.45. The van der Waals surface area contributed by atoms with Gasteiger partial charge in [-0.3, -0.25) is 14.4 Å². The van der Waals surface area contributed by atoms with Crippen molar-refractivity contribution in [2.45, 2.75) is 123 Å². The number of ether oxygens (including phenoxy) is 2. The molecule has 2 aromatic carbocycles. The van der Waals surface area contributed by atoms with Crippen LogP contribution in [0.1, 0.15) is 112 Å². The van der Waals surface area contributed by atoms with Gasteiger partial charge >= 0.3 is 11.9 Å². The van der Waals surface area contributed by atoms with E-state index in [1.807, 2.05) is 60.7 Å². The van der Waals surface area contributed by atoms with Crippen molar-refractivity contribution in [3.8, 4) is 0 Å². The van der Waals surface area contributed by atoms with E-state index in [4.69, 9.17) is 13.6 Å². The zero-order valence-corrected chi connectivity index (χ0v) is 25.5. The fourth-order valence-corrected chi connectivity index (χ4v) is 4.51. The zero-order valence-electron chi connectivity index (χ0n) is 28.5. The van der Waals surface area contributed by atoms with E-state index in [1.165, 1.54) is 0 Å². The van der Waals surface area contributed by atoms with Crippen LogP contribution in [0.5, 0.6) is 0 Å². The van der Waals surface area contributed by atoms with Gasteiger partial charge in [0.25, 0.3) is 0 Å². The van der Waals surface area contributed by atoms with Gasteiger partial charge < -0.3 is 20.1 Å². The van der Waals surface area contributed by atoms with Crippen molar-refractivity contribution in [2.24, 2.45) is 0 Å². The third kappa shape index (κ3) is 15.9. The summed E-state index contributed by atoms with van der Waals surface area (Å²) >= 11 is 0. The molecule has 0 aliphatic rings. The number of hydrogen-bond donors (Lipinski definition) is 2. The van der Waals surface area contributed by atoms with Gasteiger partial charge in [0.1, 0.15) is 25.3 Å². The van der Waals surface area contributed by atoms with Crippen LogP contribution in [0.15, 0.2) is 60.7 Å². The van der Waals surface area contributed by atoms with Gasteiger partial charge in [-0.1, -0.05) is 126 Å². The Hall–Kier alpha value is -3.68. The molecular weight excluding hydrogens is 544 g/mol. The number of esters is 2. The fourth-order valence-electron chi connectivity index (χ4n) is 4.51. The van der Waals surface area contributed by atoms with E-state index < -0.39 is 36.8 Å². The third-order valence-electron chi connectivity index (χ3n) is 7.10. The molecule has 0 unspecified atom stereocenters. The molecule has 0 aromatic heterocycles. The maximum atomic E-state index is 13.2. The van der Waals surface area contributed by atoms with Crippen molar-refractivity contribution in [1.29, 1.82) is 0 Å². The highest BCUT2D eigenvalue weighted by Crippen LogP contribution is 2.12. The van der Waals surface area contributed by atoms with Crippen LogP contribution in [0.2, 0.25) is 0 Å². The zero-order chi connectivity index (χ0) is 33.6. The molecule has 236 valence electrons. The Balaban J connectivity index is 1.79. The van der Waals surface area contributed by atoms with Gasteiger partial charge in [0.15, 0.2) is 0 Å². The molecule has 8 nitrogen and oxygen atoms in total. The van der Waals surface area contributed by atoms with Crippen LogP contribution in [-0.2, 0) is 41.9 Å². The Morgan fingerprint density at radius 3 is 1.84 bits per heavy atom. The summed E-state index contributed by atoms with van der Waals surface area (Å²) in [6.45, 7) is 0.0513. The number of rotatable bonds is 22. The molecule has 43 heavy (non-hydrogen) atoms. The van der Waals surface area contributed by atoms with Crippen molar-refractivity contribution in [3.05, 3.63) is 71.8 Å². The van der Waals surface area contributed by atoms with Gasteiger partial charge in [-0.05, 0) is 30.4 Å². The number of unbranched alkanes of at least 4 members (excludes halogenated alkanes) is 7. The minimum Gasteiger partial charge on any atom is -0.461 e. The number of hydrogen-bond acceptors (Lipinski definition) is 6. The van der Waals surface area contributed by atoms with Crippen LogP contribution >= 0.6 is 0 Å². The van der Waals surface area contributed by atoms with Gasteiger partial charge in [0.2, 0.25) is 11.8 Å². The normalized spacial score (nSPS) is 13.5. The summed E-state index contributed by atoms with van der Waals surface area (Å²) < 4.78 is 32.5. The maximum Gasteiger partial charge on any atom is 0.328 e. The molecule has 0 aliphatic carbocycles. The molecule has 0 bridgehead atoms. The van der Waals surface area contributed by atoms with Crippen LogP contribution in [0.25, 0.3) is 0 Å². The van der Waals surface area contributed by atoms with Crippen molar-refractivity contribution < 1.29 is 32.8 Å². The second-order valence-electron chi connectivity index (χ2n) is 10.7. The molecule has 0 aliphatic heterocycles. The summed E-state index contributed by atoms with van der Waals surface area (Å²) in [6, 6.07) is 16.4. The highest BCUT2D eigenvalue weighted by atomic mass is 16.5. The van der Waals surface area contributed by atoms with Gasteiger partial charge in [0, 0.05) is 17.0 Å². The number of amides is 2. The Morgan fingerprint density at radius 2 is 1.26 bits per heavy atom. The van der Waals surface area contributed by atoms with Gasteiger partial charge in [0.05, 0.1) is 0 Å². The first-order chi connectivity index (χ1) is 22.1. The summed E-state index contributed by atoms with van der Waals surface area (Å²) in [7, 11) is 0. The maximum absolute atomic E-state index is 13.2. The monoisotopic (exact) mass is 597 g/mol. The topological polar surface area (TPSA) is 111 Å². The summed E-state index contributed by atoms with van der Waals surface area (Å²) in [6.07, 6.45) is 8.08. The van der Waals surface area contributed by atoms with E-state index in [0.29, 0.717) is 12.8 Å². The lowest BCUT2D eigenvalue weighted by Crippen LogP contribution is -2.51. The Bertz CT molecular complexity index is 1180. The number of carbonyl (C=O) groups is 4. The van der Waals surface area contributed by atoms with E-state index in [0.717, 1.165) is 56.1 Å². The first-order valence-electron chi connectivity index (χ1n) is 17.1. The Kier molecular flexibility index (Phi) is 15.7. The molecule has 2 atom stereocenters. The number of nitrogens with one attached hydrogen (secondary N) is 2. The molecule has 0 saturated carbocycles. The first-order valence-corrected chi connectivity index (χ1v) is 15.6. The smallest absolute Gasteiger partial charge is 0.328 e. The average Bonchev–Trinajstić information content (AvgIpc) is 3.04. The average molecular weight is 598 g/mol. The third-order valence-corrected chi connectivity index (χ3v) is 7.10. The molecule has 0 heterocycles. The van der Waals surface area contributed by atoms with Gasteiger partial charge in [-0.2, -0.15) is 0 Å². The summed E-state index contributed by atoms with van der Waals surface area (Å²) in [5.41, 5.74) is 1.62. The molecule has 2 amide bonds. The van der Waals surface area contributed by atoms with Crippen LogP contribution in [0, 0.1) is 0 Å². The standard InChI is InChI=1S/C35H50N2O6/c1-3-5-6-7-8-9-10-11-18-23-32(38)36-30(4-2)34(40)37-31(35(41)43-27-29-21-16-13-17-22-29)24-25-33(39)42-26-28-19-14-12-15-20-28/h12-17,19-22,30-31H,3-11,18,23-27H2,1-2H3,(H,36,38)(H,37,40)/t30-,31+/m0/s1/i1D3. The highest BCUT2D eigenvalue weighted by Gasteiger charge is 2.27. The first kappa shape index (κ1) is 30.8. The second kappa shape index (κ2) is 21.9. The molecular formula is C35H50N2O6. The Labute approximate surface area is 261 Å². The van der Waals surface area contributed by atoms with Crippen LogP contribution in [0.4, 0.5) is 0 Å². The van der Waals surface area contributed by atoms with E-state index in [2.05, 4.69) is 10.6 Å². The van der Waals surface area contributed by atoms with Crippen LogP contribution in [-0.4, -0.2) is 35.8 Å². The van der Waals surface area contributed by atoms with Crippen molar-refractivity contribution in [3.63, 3.8) is 0 Å². The predicted octanol–water partition coefficient (Wildman–Crippen LogP) is 6.55. The van der Waals surface area contributed by atoms with E-state index in [-0.39, 0.29) is 44.8 Å². The molecule has 0 saturated heterocycles. The van der Waals surface area contributed by atoms with Crippen LogP contribution in [0.3, 0.4) is 0 Å². The van der Waals surface area contributed by atoms with Crippen molar-refractivity contribution in [2.75, 3.05) is 0 Å². The molecule has 8 heteroatoms. The predicted molar refractivity (Wildman–Crippen MR) is 168 cm³/mol. The van der Waals surface area contributed by atoms with Crippen LogP contribution < -0.4 is 10.6 Å². The van der Waals surface area contributed by atoms with E-state index in [1.54, 1.807) is 6.92 Å². The SMILES string of the molecule is [2H]C([2H])([2H])CCCCCCCCCCC(=O)N[C@@H](CC)C(=O)N[C@H](CCC(=O)OCc1ccccc1)C(=O)OCc1ccccc1. The molecule has 2 N–H and O–H groups in total. The van der Waals surface area contributed by atoms with E-state index in [9.17, 15) is 19.2 Å². The molecule has 0 spiro atoms. The van der Waals surface area contributed by atoms with Gasteiger partial charge in [-0.25, -0.2) is 4.79 Å². The van der Waals surface area contributed by atoms with Crippen molar-refractivity contribution in [1.82, 2.24) is 10.6 Å². The largest absolute Gasteiger partial charge is 0.461 e. The summed E-state index contributed by atoms with van der Waals surface area (Å²) in [4.78, 5) is 51.2. The number of carbonyl (C=O) groups excluding carboxylic acids is 4. The highest BCUT2D eigenvalue weighted by molar-refractivity contribution is 5.90. The molecule has 0 radical (unpaired) electrons. The lowest BCUT2D eigenvalue weighted by atomic mass is 10.1. The Morgan fingerprint density at radius 1 is 0.698 bits per heavy atom. The minimum absolute atomic E-state index is 0.0169. The molecule has 2 aromatic rings. The lowest BCUT2D eigenvalue weighted by molar-refractivity contribution is -0.150. The summed E-state index contributed by atoms with van der Waals surface area (Å²) in [5.74, 6) is -1.94. The fraction of sp³-hybridized carbons (Fsp3) is 0.543. The van der Waals surface area contributed by atoms with E-state index >= 15 is 0 Å². The van der Waals surface area contributed by atoms with Gasteiger partial charge in [-0.15, -0.1) is 0 Å². The number of benzene rings is 2.